The molecule has 0 aromatic heterocycles. The number of anilines is 1. The summed E-state index contributed by atoms with van der Waals surface area (Å²) in [5.41, 5.74) is 4.01. The second-order valence-corrected chi connectivity index (χ2v) is 7.55. The van der Waals surface area contributed by atoms with Crippen molar-refractivity contribution in [2.24, 2.45) is 0 Å². The van der Waals surface area contributed by atoms with E-state index < -0.39 is 0 Å². The van der Waals surface area contributed by atoms with Crippen LogP contribution in [0.5, 0.6) is 0 Å². The molecule has 30 heavy (non-hydrogen) atoms. The van der Waals surface area contributed by atoms with Crippen molar-refractivity contribution < 1.29 is 6.22 Å². The molecule has 4 nitrogen and oxygen atoms in total. The van der Waals surface area contributed by atoms with E-state index in [2.05, 4.69) is 47.1 Å². The molecule has 0 unspecified atom stereocenters. The van der Waals surface area contributed by atoms with Crippen molar-refractivity contribution in [2.75, 3.05) is 24.5 Å². The molecule has 0 bridgehead atoms. The van der Waals surface area contributed by atoms with Crippen molar-refractivity contribution in [1.29, 1.82) is 0 Å². The highest BCUT2D eigenvalue weighted by Crippen LogP contribution is 2.27. The average Bonchev–Trinajstić information content (AvgIpc) is 2.96. The quantitative estimate of drug-likeness (QED) is 0.642. The standard InChI is InChI=1S/C26H27N3O.H2/c1-3-15-27-20(2)18-28-16-17-29(19-22-10-5-7-14-25(22)28)26(30)24-13-8-11-21-9-4-6-12-23(21)24;/h3-15,27H,2,16-19H2,1H3;1H/b15-3-;. The van der Waals surface area contributed by atoms with Crippen LogP contribution >= 0.6 is 0 Å². The van der Waals surface area contributed by atoms with Crippen molar-refractivity contribution in [2.45, 2.75) is 13.5 Å². The van der Waals surface area contributed by atoms with E-state index in [0.717, 1.165) is 39.8 Å². The third-order valence-corrected chi connectivity index (χ3v) is 5.48. The number of carbonyl (C=O) groups is 1. The number of nitrogens with zero attached hydrogens (tertiary/aromatic N) is 2. The fraction of sp³-hybridized carbons (Fsp3) is 0.192. The summed E-state index contributed by atoms with van der Waals surface area (Å²) in [6.07, 6.45) is 3.84. The zero-order chi connectivity index (χ0) is 20.9. The fourth-order valence-corrected chi connectivity index (χ4v) is 4.00. The minimum Gasteiger partial charge on any atom is -0.364 e. The molecule has 1 aliphatic heterocycles. The summed E-state index contributed by atoms with van der Waals surface area (Å²) in [4.78, 5) is 17.8. The number of carbonyl (C=O) groups excluding carboxylic acids is 1. The van der Waals surface area contributed by atoms with Crippen LogP contribution in [0.2, 0.25) is 0 Å². The minimum atomic E-state index is 0. The van der Waals surface area contributed by atoms with Gasteiger partial charge < -0.3 is 15.1 Å². The minimum absolute atomic E-state index is 0. The van der Waals surface area contributed by atoms with E-state index in [1.165, 1.54) is 0 Å². The largest absolute Gasteiger partial charge is 0.364 e. The number of hydrogen-bond donors (Lipinski definition) is 1. The number of para-hydroxylation sites is 1. The Bertz CT molecular complexity index is 1100. The third kappa shape index (κ3) is 4.08. The summed E-state index contributed by atoms with van der Waals surface area (Å²) >= 11 is 0. The van der Waals surface area contributed by atoms with Gasteiger partial charge in [0.15, 0.2) is 0 Å². The van der Waals surface area contributed by atoms with Crippen molar-refractivity contribution in [3.05, 3.63) is 102 Å². The maximum Gasteiger partial charge on any atom is 0.254 e. The Hall–Kier alpha value is -3.53. The van der Waals surface area contributed by atoms with E-state index in [9.17, 15) is 4.79 Å². The Morgan fingerprint density at radius 3 is 2.70 bits per heavy atom. The van der Waals surface area contributed by atoms with Crippen molar-refractivity contribution in [3.63, 3.8) is 0 Å². The van der Waals surface area contributed by atoms with Gasteiger partial charge in [-0.15, -0.1) is 0 Å². The second kappa shape index (κ2) is 8.87. The normalized spacial score (nSPS) is 13.9. The lowest BCUT2D eigenvalue weighted by molar-refractivity contribution is 0.0753. The van der Waals surface area contributed by atoms with E-state index >= 15 is 0 Å². The smallest absolute Gasteiger partial charge is 0.254 e. The molecule has 154 valence electrons. The van der Waals surface area contributed by atoms with Gasteiger partial charge in [0.05, 0.1) is 6.54 Å². The predicted molar refractivity (Wildman–Crippen MR) is 127 cm³/mol. The molecule has 0 radical (unpaired) electrons. The SMILES string of the molecule is C=C(CN1CCN(C(=O)c2cccc3ccccc23)Cc2ccccc21)N/C=C\C.[HH]. The topological polar surface area (TPSA) is 35.6 Å². The van der Waals surface area contributed by atoms with Crippen LogP contribution in [0.25, 0.3) is 10.8 Å². The molecule has 0 fully saturated rings. The second-order valence-electron chi connectivity index (χ2n) is 7.55. The van der Waals surface area contributed by atoms with Gasteiger partial charge in [-0.1, -0.05) is 67.3 Å². The summed E-state index contributed by atoms with van der Waals surface area (Å²) in [7, 11) is 0. The Balaban J connectivity index is 0.00000272. The van der Waals surface area contributed by atoms with E-state index in [1.807, 2.05) is 60.5 Å². The third-order valence-electron chi connectivity index (χ3n) is 5.48. The van der Waals surface area contributed by atoms with E-state index in [0.29, 0.717) is 19.6 Å². The highest BCUT2D eigenvalue weighted by Gasteiger charge is 2.24. The zero-order valence-electron chi connectivity index (χ0n) is 17.3. The van der Waals surface area contributed by atoms with Crippen LogP contribution in [0.15, 0.2) is 91.3 Å². The summed E-state index contributed by atoms with van der Waals surface area (Å²) in [5.74, 6) is 0.0781. The maximum absolute atomic E-state index is 13.5. The highest BCUT2D eigenvalue weighted by atomic mass is 16.2. The van der Waals surface area contributed by atoms with Gasteiger partial charge in [0.25, 0.3) is 5.91 Å². The molecular formula is C26H29N3O. The molecule has 0 aliphatic carbocycles. The first kappa shape index (κ1) is 19.8. The maximum atomic E-state index is 13.5. The molecule has 0 atom stereocenters. The monoisotopic (exact) mass is 399 g/mol. The van der Waals surface area contributed by atoms with Gasteiger partial charge >= 0.3 is 0 Å². The van der Waals surface area contributed by atoms with Crippen LogP contribution in [0.3, 0.4) is 0 Å². The lowest BCUT2D eigenvalue weighted by atomic mass is 10.0. The van der Waals surface area contributed by atoms with Gasteiger partial charge in [0, 0.05) is 38.0 Å². The molecular weight excluding hydrogens is 370 g/mol. The Morgan fingerprint density at radius 2 is 1.83 bits per heavy atom. The van der Waals surface area contributed by atoms with Crippen LogP contribution in [0.1, 0.15) is 24.3 Å². The number of fused-ring (bicyclic) bond motifs is 2. The van der Waals surface area contributed by atoms with Gasteiger partial charge in [-0.2, -0.15) is 0 Å². The van der Waals surface area contributed by atoms with Crippen molar-refractivity contribution in [3.8, 4) is 0 Å². The molecule has 0 spiro atoms. The van der Waals surface area contributed by atoms with Gasteiger partial charge in [-0.25, -0.2) is 0 Å². The first-order valence-electron chi connectivity index (χ1n) is 10.3. The average molecular weight is 400 g/mol. The summed E-state index contributed by atoms with van der Waals surface area (Å²) in [6, 6.07) is 22.3. The molecule has 3 aromatic carbocycles. The molecule has 4 heteroatoms. The first-order valence-corrected chi connectivity index (χ1v) is 10.3. The van der Waals surface area contributed by atoms with Crippen LogP contribution in [0, 0.1) is 0 Å². The Labute approximate surface area is 179 Å². The number of nitrogens with one attached hydrogen (secondary N) is 1. The molecule has 0 saturated carbocycles. The van der Waals surface area contributed by atoms with Crippen molar-refractivity contribution in [1.82, 2.24) is 10.2 Å². The van der Waals surface area contributed by atoms with Crippen LogP contribution in [-0.4, -0.2) is 30.4 Å². The summed E-state index contributed by atoms with van der Waals surface area (Å²) in [6.45, 7) is 8.82. The van der Waals surface area contributed by atoms with Crippen LogP contribution in [-0.2, 0) is 6.54 Å². The molecule has 1 heterocycles. The van der Waals surface area contributed by atoms with Crippen LogP contribution < -0.4 is 10.2 Å². The lowest BCUT2D eigenvalue weighted by Crippen LogP contribution is -2.36. The first-order chi connectivity index (χ1) is 14.7. The molecule has 3 aromatic rings. The van der Waals surface area contributed by atoms with Gasteiger partial charge in [0.1, 0.15) is 0 Å². The van der Waals surface area contributed by atoms with Crippen LogP contribution in [0.4, 0.5) is 5.69 Å². The fourth-order valence-electron chi connectivity index (χ4n) is 4.00. The van der Waals surface area contributed by atoms with Crippen molar-refractivity contribution >= 4 is 22.4 Å². The lowest BCUT2D eigenvalue weighted by Gasteiger charge is -2.26. The molecule has 4 rings (SSSR count). The molecule has 1 amide bonds. The number of rotatable bonds is 5. The summed E-state index contributed by atoms with van der Waals surface area (Å²) < 4.78 is 0. The number of allylic oxidation sites excluding steroid dienone is 1. The number of hydrogen-bond acceptors (Lipinski definition) is 3. The van der Waals surface area contributed by atoms with E-state index in [-0.39, 0.29) is 7.33 Å². The molecule has 1 N–H and O–H groups in total. The number of amides is 1. The van der Waals surface area contributed by atoms with Gasteiger partial charge in [-0.3, -0.25) is 4.79 Å². The number of benzene rings is 3. The van der Waals surface area contributed by atoms with Gasteiger partial charge in [0.2, 0.25) is 0 Å². The van der Waals surface area contributed by atoms with Gasteiger partial charge in [-0.05, 0) is 41.6 Å². The molecule has 0 saturated heterocycles. The van der Waals surface area contributed by atoms with E-state index in [4.69, 9.17) is 0 Å². The summed E-state index contributed by atoms with van der Waals surface area (Å²) in [5, 5.41) is 5.31. The Kier molecular flexibility index (Phi) is 5.84. The highest BCUT2D eigenvalue weighted by molar-refractivity contribution is 6.07. The molecule has 1 aliphatic rings. The Morgan fingerprint density at radius 1 is 1.07 bits per heavy atom. The zero-order valence-corrected chi connectivity index (χ0v) is 17.3. The predicted octanol–water partition coefficient (Wildman–Crippen LogP) is 5.19. The van der Waals surface area contributed by atoms with E-state index in [1.54, 1.807) is 0 Å².